The van der Waals surface area contributed by atoms with E-state index in [0.29, 0.717) is 38.9 Å². The van der Waals surface area contributed by atoms with E-state index in [1.54, 1.807) is 28.3 Å². The maximum atomic E-state index is 13.0. The van der Waals surface area contributed by atoms with Crippen molar-refractivity contribution >= 4 is 56.0 Å². The van der Waals surface area contributed by atoms with Crippen molar-refractivity contribution in [3.8, 4) is 22.9 Å². The summed E-state index contributed by atoms with van der Waals surface area (Å²) in [6, 6.07) is 10.7. The number of carbonyl (C=O) groups is 2. The van der Waals surface area contributed by atoms with Gasteiger partial charge in [-0.2, -0.15) is 0 Å². The Morgan fingerprint density at radius 2 is 1.76 bits per heavy atom. The van der Waals surface area contributed by atoms with Gasteiger partial charge < -0.3 is 24.8 Å². The van der Waals surface area contributed by atoms with Crippen LogP contribution in [-0.2, 0) is 11.3 Å². The first-order chi connectivity index (χ1) is 18.4. The van der Waals surface area contributed by atoms with Gasteiger partial charge in [-0.25, -0.2) is 4.98 Å². The molecule has 2 aromatic carbocycles. The standard InChI is InChI=1S/C24H23BrN6O5S2/c1-34-17-10-14(11-18(35-2)21(17)36-3)22(33)27-12-19-29-30-24(31(19)16-6-4-15(25)5-7-16)38-13-20(32)28-23-26-8-9-37-23/h4-11H,12-13H2,1-3H3,(H,27,33)(H,26,28,32). The van der Waals surface area contributed by atoms with Crippen LogP contribution >= 0.6 is 39.0 Å². The molecule has 0 fully saturated rings. The van der Waals surface area contributed by atoms with Crippen LogP contribution in [0.15, 0.2) is 57.6 Å². The molecule has 11 nitrogen and oxygen atoms in total. The van der Waals surface area contributed by atoms with Crippen LogP contribution in [0.5, 0.6) is 17.2 Å². The van der Waals surface area contributed by atoms with E-state index >= 15 is 0 Å². The summed E-state index contributed by atoms with van der Waals surface area (Å²) in [6.07, 6.45) is 1.62. The van der Waals surface area contributed by atoms with Crippen LogP contribution in [0, 0.1) is 0 Å². The van der Waals surface area contributed by atoms with Gasteiger partial charge in [0.1, 0.15) is 0 Å². The molecule has 0 saturated carbocycles. The number of ether oxygens (including phenoxy) is 3. The zero-order valence-corrected chi connectivity index (χ0v) is 23.8. The van der Waals surface area contributed by atoms with Crippen molar-refractivity contribution in [3.63, 3.8) is 0 Å². The Morgan fingerprint density at radius 3 is 2.37 bits per heavy atom. The predicted octanol–water partition coefficient (Wildman–Crippen LogP) is 4.17. The highest BCUT2D eigenvalue weighted by Crippen LogP contribution is 2.38. The molecule has 0 aliphatic rings. The van der Waals surface area contributed by atoms with Crippen molar-refractivity contribution in [2.75, 3.05) is 32.4 Å². The molecule has 14 heteroatoms. The molecule has 4 aromatic rings. The van der Waals surface area contributed by atoms with E-state index < -0.39 is 0 Å². The fourth-order valence-corrected chi connectivity index (χ4v) is 4.98. The van der Waals surface area contributed by atoms with Gasteiger partial charge >= 0.3 is 0 Å². The Labute approximate surface area is 235 Å². The van der Waals surface area contributed by atoms with E-state index in [2.05, 4.69) is 41.7 Å². The minimum atomic E-state index is -0.369. The maximum Gasteiger partial charge on any atom is 0.251 e. The molecule has 0 aliphatic heterocycles. The number of nitrogens with zero attached hydrogens (tertiary/aromatic N) is 4. The zero-order chi connectivity index (χ0) is 27.1. The minimum absolute atomic E-state index is 0.0738. The molecule has 0 bridgehead atoms. The molecule has 0 spiro atoms. The van der Waals surface area contributed by atoms with Crippen LogP contribution in [0.3, 0.4) is 0 Å². The average molecular weight is 620 g/mol. The molecule has 0 aliphatic carbocycles. The zero-order valence-electron chi connectivity index (χ0n) is 20.6. The van der Waals surface area contributed by atoms with E-state index in [0.717, 1.165) is 10.2 Å². The van der Waals surface area contributed by atoms with E-state index in [1.807, 2.05) is 24.3 Å². The van der Waals surface area contributed by atoms with E-state index in [4.69, 9.17) is 14.2 Å². The van der Waals surface area contributed by atoms with Crippen molar-refractivity contribution in [1.29, 1.82) is 0 Å². The van der Waals surface area contributed by atoms with Crippen LogP contribution in [0.4, 0.5) is 5.13 Å². The molecule has 2 aromatic heterocycles. The molecule has 0 atom stereocenters. The Morgan fingerprint density at radius 1 is 1.05 bits per heavy atom. The second-order valence-corrected chi connectivity index (χ2v) is 10.2. The molecule has 0 saturated heterocycles. The Bertz CT molecular complexity index is 1390. The lowest BCUT2D eigenvalue weighted by Crippen LogP contribution is -2.25. The molecule has 4 rings (SSSR count). The fraction of sp³-hybridized carbons (Fsp3) is 0.208. The third-order valence-corrected chi connectivity index (χ3v) is 7.28. The van der Waals surface area contributed by atoms with E-state index in [9.17, 15) is 9.59 Å². The van der Waals surface area contributed by atoms with Crippen molar-refractivity contribution in [3.05, 3.63) is 63.8 Å². The second-order valence-electron chi connectivity index (χ2n) is 7.48. The molecular weight excluding hydrogens is 596 g/mol. The first-order valence-corrected chi connectivity index (χ1v) is 13.7. The number of thiazole rings is 1. The summed E-state index contributed by atoms with van der Waals surface area (Å²) in [5.74, 6) is 1.12. The van der Waals surface area contributed by atoms with Crippen LogP contribution < -0.4 is 24.8 Å². The third-order valence-electron chi connectivity index (χ3n) is 5.13. The summed E-state index contributed by atoms with van der Waals surface area (Å²) in [5, 5.41) is 17.0. The molecule has 2 amide bonds. The van der Waals surface area contributed by atoms with Gasteiger partial charge in [-0.3, -0.25) is 14.2 Å². The van der Waals surface area contributed by atoms with Crippen molar-refractivity contribution in [2.45, 2.75) is 11.7 Å². The number of benzene rings is 2. The first kappa shape index (κ1) is 27.4. The number of amides is 2. The number of anilines is 1. The van der Waals surface area contributed by atoms with Gasteiger partial charge in [0.05, 0.1) is 33.6 Å². The van der Waals surface area contributed by atoms with E-state index in [1.165, 1.54) is 44.4 Å². The van der Waals surface area contributed by atoms with Crippen LogP contribution in [0.2, 0.25) is 0 Å². The molecule has 2 heterocycles. The molecule has 0 unspecified atom stereocenters. The summed E-state index contributed by atoms with van der Waals surface area (Å²) >= 11 is 6.01. The maximum absolute atomic E-state index is 13.0. The number of carbonyl (C=O) groups excluding carboxylic acids is 2. The molecular formula is C24H23BrN6O5S2. The SMILES string of the molecule is COc1cc(C(=O)NCc2nnc(SCC(=O)Nc3nccs3)n2-c2ccc(Br)cc2)cc(OC)c1OC. The van der Waals surface area contributed by atoms with Crippen LogP contribution in [0.25, 0.3) is 5.69 Å². The summed E-state index contributed by atoms with van der Waals surface area (Å²) in [6.45, 7) is 0.0738. The number of halogens is 1. The third kappa shape index (κ3) is 6.44. The van der Waals surface area contributed by atoms with Crippen LogP contribution in [-0.4, -0.2) is 58.6 Å². The molecule has 38 heavy (non-hydrogen) atoms. The number of thioether (sulfide) groups is 1. The summed E-state index contributed by atoms with van der Waals surface area (Å²) in [4.78, 5) is 29.5. The predicted molar refractivity (Wildman–Crippen MR) is 148 cm³/mol. The summed E-state index contributed by atoms with van der Waals surface area (Å²) < 4.78 is 18.7. The quantitative estimate of drug-likeness (QED) is 0.238. The lowest BCUT2D eigenvalue weighted by molar-refractivity contribution is -0.113. The first-order valence-electron chi connectivity index (χ1n) is 11.0. The topological polar surface area (TPSA) is 129 Å². The molecule has 198 valence electrons. The molecule has 2 N–H and O–H groups in total. The van der Waals surface area contributed by atoms with Gasteiger partial charge in [-0.15, -0.1) is 21.5 Å². The minimum Gasteiger partial charge on any atom is -0.493 e. The van der Waals surface area contributed by atoms with Gasteiger partial charge in [0.2, 0.25) is 11.7 Å². The summed E-state index contributed by atoms with van der Waals surface area (Å²) in [7, 11) is 4.46. The van der Waals surface area contributed by atoms with Gasteiger partial charge in [-0.1, -0.05) is 27.7 Å². The molecule has 0 radical (unpaired) electrons. The number of aromatic nitrogens is 4. The lowest BCUT2D eigenvalue weighted by atomic mass is 10.1. The lowest BCUT2D eigenvalue weighted by Gasteiger charge is -2.14. The van der Waals surface area contributed by atoms with Crippen molar-refractivity contribution < 1.29 is 23.8 Å². The monoisotopic (exact) mass is 618 g/mol. The number of methoxy groups -OCH3 is 3. The van der Waals surface area contributed by atoms with E-state index in [-0.39, 0.29) is 24.1 Å². The highest BCUT2D eigenvalue weighted by Gasteiger charge is 2.20. The number of rotatable bonds is 11. The normalized spacial score (nSPS) is 10.6. The van der Waals surface area contributed by atoms with Gasteiger partial charge in [-0.05, 0) is 36.4 Å². The number of hydrogen-bond acceptors (Lipinski definition) is 10. The van der Waals surface area contributed by atoms with Crippen molar-refractivity contribution in [1.82, 2.24) is 25.1 Å². The Kier molecular flexibility index (Phi) is 9.20. The Hall–Kier alpha value is -3.62. The average Bonchev–Trinajstić information content (AvgIpc) is 3.59. The van der Waals surface area contributed by atoms with Gasteiger partial charge in [0.15, 0.2) is 27.6 Å². The highest BCUT2D eigenvalue weighted by molar-refractivity contribution is 9.10. The van der Waals surface area contributed by atoms with Gasteiger partial charge in [0.25, 0.3) is 5.91 Å². The number of hydrogen-bond donors (Lipinski definition) is 2. The Balaban J connectivity index is 1.54. The van der Waals surface area contributed by atoms with Crippen LogP contribution in [0.1, 0.15) is 16.2 Å². The summed E-state index contributed by atoms with van der Waals surface area (Å²) in [5.41, 5.74) is 1.10. The fourth-order valence-electron chi connectivity index (χ4n) is 3.40. The second kappa shape index (κ2) is 12.8. The van der Waals surface area contributed by atoms with Gasteiger partial charge in [0, 0.05) is 27.3 Å². The smallest absolute Gasteiger partial charge is 0.251 e. The van der Waals surface area contributed by atoms with Crippen molar-refractivity contribution in [2.24, 2.45) is 0 Å². The number of nitrogens with one attached hydrogen (secondary N) is 2. The largest absolute Gasteiger partial charge is 0.493 e. The highest BCUT2D eigenvalue weighted by atomic mass is 79.9.